The van der Waals surface area contributed by atoms with Gasteiger partial charge in [0.15, 0.2) is 11.8 Å². The van der Waals surface area contributed by atoms with Crippen molar-refractivity contribution in [3.05, 3.63) is 54.1 Å². The van der Waals surface area contributed by atoms with Gasteiger partial charge in [0.25, 0.3) is 5.91 Å². The lowest BCUT2D eigenvalue weighted by molar-refractivity contribution is -0.141. The summed E-state index contributed by atoms with van der Waals surface area (Å²) < 4.78 is 31.9. The van der Waals surface area contributed by atoms with E-state index in [0.29, 0.717) is 5.69 Å². The molecule has 1 aliphatic rings. The fraction of sp³-hybridized carbons (Fsp3) is 0.368. The summed E-state index contributed by atoms with van der Waals surface area (Å²) in [6.45, 7) is 4.01. The zero-order valence-electron chi connectivity index (χ0n) is 16.2. The number of carbonyl (C=O) groups excluding carboxylic acids is 2. The molecule has 2 aromatic rings. The van der Waals surface area contributed by atoms with Gasteiger partial charge < -0.3 is 9.64 Å². The van der Waals surface area contributed by atoms with Crippen LogP contribution in [0.5, 0.6) is 0 Å². The smallest absolute Gasteiger partial charge is 0.359 e. The van der Waals surface area contributed by atoms with Gasteiger partial charge in [-0.3, -0.25) is 9.78 Å². The predicted molar refractivity (Wildman–Crippen MR) is 103 cm³/mol. The third-order valence-electron chi connectivity index (χ3n) is 4.55. The summed E-state index contributed by atoms with van der Waals surface area (Å²) in [5, 5.41) is 0. The maximum absolute atomic E-state index is 12.7. The van der Waals surface area contributed by atoms with Crippen LogP contribution in [-0.4, -0.2) is 71.8 Å². The Morgan fingerprint density at radius 3 is 2.28 bits per heavy atom. The highest BCUT2D eigenvalue weighted by molar-refractivity contribution is 7.89. The quantitative estimate of drug-likeness (QED) is 0.663. The third-order valence-corrected chi connectivity index (χ3v) is 6.47. The van der Waals surface area contributed by atoms with Gasteiger partial charge in [0.05, 0.1) is 16.8 Å². The molecular formula is C19H22N4O5S. The molecule has 2 heterocycles. The minimum atomic E-state index is -3.60. The van der Waals surface area contributed by atoms with Gasteiger partial charge in [-0.1, -0.05) is 18.2 Å². The van der Waals surface area contributed by atoms with Gasteiger partial charge in [-0.15, -0.1) is 0 Å². The average Bonchev–Trinajstić information content (AvgIpc) is 2.74. The lowest BCUT2D eigenvalue weighted by Crippen LogP contribution is -2.52. The Morgan fingerprint density at radius 2 is 1.69 bits per heavy atom. The fourth-order valence-electron chi connectivity index (χ4n) is 2.92. The molecule has 10 heteroatoms. The number of aryl methyl sites for hydroxylation is 1. The van der Waals surface area contributed by atoms with E-state index >= 15 is 0 Å². The Balaban J connectivity index is 1.57. The highest BCUT2D eigenvalue weighted by Gasteiger charge is 2.32. The number of benzene rings is 1. The monoisotopic (exact) mass is 418 g/mol. The highest BCUT2D eigenvalue weighted by atomic mass is 32.2. The second kappa shape index (κ2) is 8.66. The van der Waals surface area contributed by atoms with Crippen LogP contribution in [0, 0.1) is 6.92 Å². The van der Waals surface area contributed by atoms with Crippen LogP contribution in [0.3, 0.4) is 0 Å². The van der Waals surface area contributed by atoms with Crippen LogP contribution in [0.15, 0.2) is 47.6 Å². The predicted octanol–water partition coefficient (Wildman–Crippen LogP) is 0.863. The number of carbonyl (C=O) groups is 2. The van der Waals surface area contributed by atoms with Crippen LogP contribution in [0.25, 0.3) is 0 Å². The molecule has 3 rings (SSSR count). The van der Waals surface area contributed by atoms with Crippen LogP contribution >= 0.6 is 0 Å². The minimum absolute atomic E-state index is 0.0222. The Morgan fingerprint density at radius 1 is 1.03 bits per heavy atom. The summed E-state index contributed by atoms with van der Waals surface area (Å²) >= 11 is 0. The molecule has 1 fully saturated rings. The molecule has 0 N–H and O–H groups in total. The fourth-order valence-corrected chi connectivity index (χ4v) is 4.36. The van der Waals surface area contributed by atoms with Crippen LogP contribution in [0.1, 0.15) is 23.1 Å². The number of aromatic nitrogens is 2. The summed E-state index contributed by atoms with van der Waals surface area (Å²) in [4.78, 5) is 34.3. The molecule has 1 amide bonds. The largest absolute Gasteiger partial charge is 0.448 e. The summed E-state index contributed by atoms with van der Waals surface area (Å²) in [6.07, 6.45) is 1.72. The molecule has 1 aromatic carbocycles. The molecule has 29 heavy (non-hydrogen) atoms. The second-order valence-corrected chi connectivity index (χ2v) is 8.57. The SMILES string of the molecule is Cc1cnc(C(=O)O[C@H](C)C(=O)N2CCN(S(=O)(=O)c3ccccc3)CC2)cn1. The van der Waals surface area contributed by atoms with Crippen molar-refractivity contribution >= 4 is 21.9 Å². The lowest BCUT2D eigenvalue weighted by atomic mass is 10.3. The molecular weight excluding hydrogens is 396 g/mol. The van der Waals surface area contributed by atoms with Gasteiger partial charge in [0.1, 0.15) is 0 Å². The molecule has 0 radical (unpaired) electrons. The molecule has 1 aliphatic heterocycles. The maximum atomic E-state index is 12.7. The van der Waals surface area contributed by atoms with Crippen molar-refractivity contribution < 1.29 is 22.7 Å². The zero-order chi connectivity index (χ0) is 21.0. The molecule has 1 saturated heterocycles. The molecule has 9 nitrogen and oxygen atoms in total. The number of nitrogens with zero attached hydrogens (tertiary/aromatic N) is 4. The van der Waals surface area contributed by atoms with Gasteiger partial charge in [0.2, 0.25) is 10.0 Å². The van der Waals surface area contributed by atoms with E-state index in [1.54, 1.807) is 37.3 Å². The summed E-state index contributed by atoms with van der Waals surface area (Å²) in [5.74, 6) is -1.11. The number of rotatable bonds is 5. The van der Waals surface area contributed by atoms with E-state index in [1.165, 1.54) is 28.5 Å². The normalized spacial score (nSPS) is 16.3. The lowest BCUT2D eigenvalue weighted by Gasteiger charge is -2.35. The molecule has 1 atom stereocenters. The number of hydrogen-bond donors (Lipinski definition) is 0. The van der Waals surface area contributed by atoms with Crippen molar-refractivity contribution in [3.8, 4) is 0 Å². The van der Waals surface area contributed by atoms with Crippen molar-refractivity contribution in [2.75, 3.05) is 26.2 Å². The average molecular weight is 418 g/mol. The minimum Gasteiger partial charge on any atom is -0.448 e. The first-order chi connectivity index (χ1) is 13.8. The summed E-state index contributed by atoms with van der Waals surface area (Å²) in [6, 6.07) is 8.17. The van der Waals surface area contributed by atoms with Crippen molar-refractivity contribution in [3.63, 3.8) is 0 Å². The van der Waals surface area contributed by atoms with E-state index in [9.17, 15) is 18.0 Å². The van der Waals surface area contributed by atoms with Gasteiger partial charge >= 0.3 is 5.97 Å². The standard InChI is InChI=1S/C19H22N4O5S/c1-14-12-21-17(13-20-14)19(25)28-15(2)18(24)22-8-10-23(11-9-22)29(26,27)16-6-4-3-5-7-16/h3-7,12-13,15H,8-11H2,1-2H3/t15-/m1/s1. The molecule has 1 aromatic heterocycles. The zero-order valence-corrected chi connectivity index (χ0v) is 17.0. The molecule has 154 valence electrons. The van der Waals surface area contributed by atoms with Crippen molar-refractivity contribution in [2.45, 2.75) is 24.8 Å². The Hall–Kier alpha value is -2.85. The van der Waals surface area contributed by atoms with E-state index in [2.05, 4.69) is 9.97 Å². The Labute approximate surface area is 169 Å². The number of ether oxygens (including phenoxy) is 1. The van der Waals surface area contributed by atoms with E-state index in [4.69, 9.17) is 4.74 Å². The van der Waals surface area contributed by atoms with Crippen molar-refractivity contribution in [2.24, 2.45) is 0 Å². The number of esters is 1. The van der Waals surface area contributed by atoms with Gasteiger partial charge in [-0.2, -0.15) is 4.31 Å². The van der Waals surface area contributed by atoms with Crippen LogP contribution in [-0.2, 0) is 19.6 Å². The topological polar surface area (TPSA) is 110 Å². The Kier molecular flexibility index (Phi) is 6.23. The van der Waals surface area contributed by atoms with E-state index < -0.39 is 22.1 Å². The van der Waals surface area contributed by atoms with Crippen LogP contribution in [0.4, 0.5) is 0 Å². The number of sulfonamides is 1. The van der Waals surface area contributed by atoms with Crippen LogP contribution in [0.2, 0.25) is 0 Å². The Bertz CT molecular complexity index is 971. The van der Waals surface area contributed by atoms with Crippen LogP contribution < -0.4 is 0 Å². The highest BCUT2D eigenvalue weighted by Crippen LogP contribution is 2.18. The van der Waals surface area contributed by atoms with E-state index in [1.807, 2.05) is 0 Å². The van der Waals surface area contributed by atoms with Gasteiger partial charge in [0, 0.05) is 32.4 Å². The third kappa shape index (κ3) is 4.77. The van der Waals surface area contributed by atoms with Gasteiger partial charge in [-0.25, -0.2) is 18.2 Å². The van der Waals surface area contributed by atoms with Crippen molar-refractivity contribution in [1.29, 1.82) is 0 Å². The first-order valence-electron chi connectivity index (χ1n) is 9.12. The molecule has 0 aliphatic carbocycles. The van der Waals surface area contributed by atoms with Gasteiger partial charge in [-0.05, 0) is 26.0 Å². The molecule has 0 saturated carbocycles. The molecule has 0 bridgehead atoms. The molecule has 0 unspecified atom stereocenters. The number of amides is 1. The maximum Gasteiger partial charge on any atom is 0.359 e. The van der Waals surface area contributed by atoms with Crippen molar-refractivity contribution in [1.82, 2.24) is 19.2 Å². The first-order valence-corrected chi connectivity index (χ1v) is 10.6. The second-order valence-electron chi connectivity index (χ2n) is 6.63. The summed E-state index contributed by atoms with van der Waals surface area (Å²) in [7, 11) is -3.60. The molecule has 0 spiro atoms. The first kappa shape index (κ1) is 20.9. The van der Waals surface area contributed by atoms with E-state index in [0.717, 1.165) is 0 Å². The van der Waals surface area contributed by atoms with E-state index in [-0.39, 0.29) is 42.7 Å². The number of piperazine rings is 1. The number of hydrogen-bond acceptors (Lipinski definition) is 7. The summed E-state index contributed by atoms with van der Waals surface area (Å²) in [5.41, 5.74) is 0.683.